The van der Waals surface area contributed by atoms with Crippen LogP contribution in [0, 0.1) is 0 Å². The number of nitrogens with zero attached hydrogens (tertiary/aromatic N) is 3. The van der Waals surface area contributed by atoms with Crippen LogP contribution in [0.5, 0.6) is 0 Å². The molecule has 0 fully saturated rings. The fraction of sp³-hybridized carbons (Fsp3) is 0.190. The molecule has 148 valence electrons. The van der Waals surface area contributed by atoms with Crippen molar-refractivity contribution in [3.8, 4) is 0 Å². The fourth-order valence-corrected chi connectivity index (χ4v) is 3.97. The van der Waals surface area contributed by atoms with E-state index in [4.69, 9.17) is 4.84 Å². The molecule has 1 heterocycles. The van der Waals surface area contributed by atoms with Gasteiger partial charge in [0, 0.05) is 17.1 Å². The lowest BCUT2D eigenvalue weighted by Gasteiger charge is -2.26. The number of nitrogens with one attached hydrogen (secondary N) is 1. The first-order valence-corrected chi connectivity index (χ1v) is 9.86. The number of benzene rings is 2. The first kappa shape index (κ1) is 19.2. The zero-order chi connectivity index (χ0) is 20.5. The molecule has 2 aromatic carbocycles. The molecular weight excluding hydrogens is 436 g/mol. The average molecular weight is 455 g/mol. The standard InChI is InChI=1S/C21H19BrN4O3/c1-13(14-7-4-3-5-8-14)24-29-18-12-11-17(15-9-6-10-16(22)19(15)18)26-21(28)25(2)20(27)23-26/h3-12,17-18H,1-2H3,(H,23,27)/b24-13+/t17-,18+/m0/s1. The van der Waals surface area contributed by atoms with Gasteiger partial charge in [-0.1, -0.05) is 69.6 Å². The number of fused-ring (bicyclic) bond motifs is 1. The summed E-state index contributed by atoms with van der Waals surface area (Å²) in [6, 6.07) is 15.1. The number of rotatable bonds is 4. The first-order valence-electron chi connectivity index (χ1n) is 9.07. The minimum atomic E-state index is -0.457. The predicted octanol–water partition coefficient (Wildman–Crippen LogP) is 3.28. The lowest BCUT2D eigenvalue weighted by Crippen LogP contribution is -2.29. The SMILES string of the molecule is C/C(=N\O[C@@H]1C=C[C@H](n2[nH]c(=O)n(C)c2=O)c2cccc(Br)c21)c1ccccc1. The number of oxime groups is 1. The van der Waals surface area contributed by atoms with Crippen LogP contribution in [0.4, 0.5) is 0 Å². The average Bonchev–Trinajstić information content (AvgIpc) is 2.99. The van der Waals surface area contributed by atoms with Gasteiger partial charge < -0.3 is 4.84 Å². The monoisotopic (exact) mass is 454 g/mol. The smallest absolute Gasteiger partial charge is 0.347 e. The second-order valence-electron chi connectivity index (χ2n) is 6.77. The van der Waals surface area contributed by atoms with Crippen molar-refractivity contribution in [2.75, 3.05) is 0 Å². The van der Waals surface area contributed by atoms with Gasteiger partial charge in [0.1, 0.15) is 0 Å². The summed E-state index contributed by atoms with van der Waals surface area (Å²) < 4.78 is 3.20. The Kier molecular flexibility index (Phi) is 5.10. The van der Waals surface area contributed by atoms with E-state index >= 15 is 0 Å². The predicted molar refractivity (Wildman–Crippen MR) is 114 cm³/mol. The third-order valence-electron chi connectivity index (χ3n) is 4.94. The molecule has 7 nitrogen and oxygen atoms in total. The van der Waals surface area contributed by atoms with Gasteiger partial charge >= 0.3 is 11.4 Å². The van der Waals surface area contributed by atoms with E-state index in [0.717, 1.165) is 31.4 Å². The zero-order valence-electron chi connectivity index (χ0n) is 15.9. The number of hydrogen-bond donors (Lipinski definition) is 1. The van der Waals surface area contributed by atoms with Gasteiger partial charge in [-0.25, -0.2) is 23.9 Å². The maximum atomic E-state index is 12.4. The molecule has 0 amide bonds. The number of halogens is 1. The molecule has 1 aliphatic rings. The van der Waals surface area contributed by atoms with Crippen molar-refractivity contribution in [3.63, 3.8) is 0 Å². The molecule has 1 N–H and O–H groups in total. The van der Waals surface area contributed by atoms with Crippen molar-refractivity contribution < 1.29 is 4.84 Å². The van der Waals surface area contributed by atoms with Crippen LogP contribution in [0.3, 0.4) is 0 Å². The Hall–Kier alpha value is -3.13. The van der Waals surface area contributed by atoms with Crippen molar-refractivity contribution in [3.05, 3.63) is 103 Å². The van der Waals surface area contributed by atoms with Crippen LogP contribution in [0.15, 0.2) is 79.9 Å². The Morgan fingerprint density at radius 3 is 2.55 bits per heavy atom. The second-order valence-corrected chi connectivity index (χ2v) is 7.62. The minimum Gasteiger partial charge on any atom is -0.383 e. The van der Waals surface area contributed by atoms with Crippen molar-refractivity contribution in [1.82, 2.24) is 14.3 Å². The van der Waals surface area contributed by atoms with E-state index in [1.165, 1.54) is 11.7 Å². The lowest BCUT2D eigenvalue weighted by atomic mass is 9.91. The summed E-state index contributed by atoms with van der Waals surface area (Å²) in [6.07, 6.45) is 3.25. The number of aromatic amines is 1. The van der Waals surface area contributed by atoms with E-state index in [2.05, 4.69) is 26.2 Å². The third kappa shape index (κ3) is 3.51. The summed E-state index contributed by atoms with van der Waals surface area (Å²) in [5.41, 5.74) is 2.59. The molecule has 3 aromatic rings. The van der Waals surface area contributed by atoms with Crippen LogP contribution in [-0.4, -0.2) is 20.1 Å². The molecule has 0 unspecified atom stereocenters. The van der Waals surface area contributed by atoms with E-state index in [0.29, 0.717) is 0 Å². The maximum Gasteiger partial charge on any atom is 0.347 e. The molecule has 0 aliphatic heterocycles. The van der Waals surface area contributed by atoms with Crippen LogP contribution >= 0.6 is 15.9 Å². The Morgan fingerprint density at radius 1 is 1.10 bits per heavy atom. The Labute approximate surface area is 175 Å². The molecule has 1 aliphatic carbocycles. The highest BCUT2D eigenvalue weighted by molar-refractivity contribution is 9.10. The largest absolute Gasteiger partial charge is 0.383 e. The normalized spacial score (nSPS) is 18.5. The first-order chi connectivity index (χ1) is 14.0. The highest BCUT2D eigenvalue weighted by Gasteiger charge is 2.29. The quantitative estimate of drug-likeness (QED) is 0.373. The molecule has 0 bridgehead atoms. The van der Waals surface area contributed by atoms with Gasteiger partial charge in [0.2, 0.25) is 0 Å². The van der Waals surface area contributed by atoms with Crippen molar-refractivity contribution in [1.29, 1.82) is 0 Å². The maximum absolute atomic E-state index is 12.4. The summed E-state index contributed by atoms with van der Waals surface area (Å²) in [5.74, 6) is 0. The Bertz CT molecular complexity index is 1220. The van der Waals surface area contributed by atoms with Crippen LogP contribution in [0.1, 0.15) is 35.8 Å². The van der Waals surface area contributed by atoms with Gasteiger partial charge in [-0.2, -0.15) is 0 Å². The summed E-state index contributed by atoms with van der Waals surface area (Å²) in [5, 5.41) is 6.91. The van der Waals surface area contributed by atoms with E-state index in [1.54, 1.807) is 0 Å². The Balaban J connectivity index is 1.72. The molecular formula is C21H19BrN4O3. The van der Waals surface area contributed by atoms with Gasteiger partial charge in [0.15, 0.2) is 6.10 Å². The molecule has 0 radical (unpaired) electrons. The van der Waals surface area contributed by atoms with Crippen LogP contribution in [-0.2, 0) is 11.9 Å². The molecule has 29 heavy (non-hydrogen) atoms. The van der Waals surface area contributed by atoms with Gasteiger partial charge in [-0.15, -0.1) is 0 Å². The van der Waals surface area contributed by atoms with E-state index in [1.807, 2.05) is 67.6 Å². The van der Waals surface area contributed by atoms with E-state index < -0.39 is 23.5 Å². The molecule has 8 heteroatoms. The molecule has 1 aromatic heterocycles. The van der Waals surface area contributed by atoms with Crippen molar-refractivity contribution in [2.45, 2.75) is 19.1 Å². The van der Waals surface area contributed by atoms with E-state index in [-0.39, 0.29) is 0 Å². The molecule has 0 saturated heterocycles. The molecule has 0 spiro atoms. The topological polar surface area (TPSA) is 81.4 Å². The fourth-order valence-electron chi connectivity index (χ4n) is 3.36. The van der Waals surface area contributed by atoms with E-state index in [9.17, 15) is 9.59 Å². The molecule has 0 saturated carbocycles. The summed E-state index contributed by atoms with van der Waals surface area (Å²) in [7, 11) is 1.44. The third-order valence-corrected chi connectivity index (χ3v) is 5.64. The van der Waals surface area contributed by atoms with Crippen molar-refractivity contribution in [2.24, 2.45) is 12.2 Å². The number of aromatic nitrogens is 3. The zero-order valence-corrected chi connectivity index (χ0v) is 17.5. The van der Waals surface area contributed by atoms with Crippen LogP contribution < -0.4 is 11.4 Å². The molecule has 4 rings (SSSR count). The number of hydrogen-bond acceptors (Lipinski definition) is 4. The molecule has 2 atom stereocenters. The highest BCUT2D eigenvalue weighted by Crippen LogP contribution is 2.39. The summed E-state index contributed by atoms with van der Waals surface area (Å²) >= 11 is 3.59. The number of H-pyrrole nitrogens is 1. The van der Waals surface area contributed by atoms with Gasteiger partial charge in [-0.05, 0) is 30.2 Å². The minimum absolute atomic E-state index is 0.409. The lowest BCUT2D eigenvalue weighted by molar-refractivity contribution is 0.0894. The summed E-state index contributed by atoms with van der Waals surface area (Å²) in [4.78, 5) is 30.2. The van der Waals surface area contributed by atoms with Gasteiger partial charge in [0.25, 0.3) is 0 Å². The highest BCUT2D eigenvalue weighted by atomic mass is 79.9. The van der Waals surface area contributed by atoms with Gasteiger partial charge in [-0.3, -0.25) is 0 Å². The van der Waals surface area contributed by atoms with Gasteiger partial charge in [0.05, 0.1) is 11.8 Å². The second kappa shape index (κ2) is 7.71. The summed E-state index contributed by atoms with van der Waals surface area (Å²) in [6.45, 7) is 1.89. The van der Waals surface area contributed by atoms with Crippen LogP contribution in [0.2, 0.25) is 0 Å². The Morgan fingerprint density at radius 2 is 1.86 bits per heavy atom. The number of allylic oxidation sites excluding steroid dienone is 1. The van der Waals surface area contributed by atoms with Crippen LogP contribution in [0.25, 0.3) is 0 Å². The van der Waals surface area contributed by atoms with Crippen molar-refractivity contribution >= 4 is 21.6 Å².